The molecule has 1 fully saturated rings. The molecule has 0 aliphatic heterocycles. The van der Waals surface area contributed by atoms with Crippen molar-refractivity contribution in [3.8, 4) is 0 Å². The lowest BCUT2D eigenvalue weighted by atomic mass is 9.95. The first-order valence-corrected chi connectivity index (χ1v) is 8.74. The van der Waals surface area contributed by atoms with Gasteiger partial charge in [-0.1, -0.05) is 18.2 Å². The molecule has 1 aromatic heterocycles. The lowest BCUT2D eigenvalue weighted by molar-refractivity contribution is 0.559. The first-order chi connectivity index (χ1) is 12.1. The highest BCUT2D eigenvalue weighted by Crippen LogP contribution is 2.48. The Balaban J connectivity index is 0.00000243. The molecule has 0 spiro atoms. The van der Waals surface area contributed by atoms with Crippen LogP contribution in [0.3, 0.4) is 0 Å². The highest BCUT2D eigenvalue weighted by atomic mass is 127. The van der Waals surface area contributed by atoms with Crippen LogP contribution in [0.4, 0.5) is 4.39 Å². The number of nitrogens with one attached hydrogen (secondary N) is 2. The number of aryl methyl sites for hydroxylation is 1. The van der Waals surface area contributed by atoms with Crippen LogP contribution < -0.4 is 10.6 Å². The van der Waals surface area contributed by atoms with E-state index >= 15 is 0 Å². The van der Waals surface area contributed by atoms with Gasteiger partial charge >= 0.3 is 0 Å². The summed E-state index contributed by atoms with van der Waals surface area (Å²) in [5.41, 5.74) is 3.20. The van der Waals surface area contributed by atoms with Crippen molar-refractivity contribution < 1.29 is 4.39 Å². The molecule has 1 aliphatic rings. The van der Waals surface area contributed by atoms with E-state index in [2.05, 4.69) is 27.5 Å². The largest absolute Gasteiger partial charge is 0.356 e. The van der Waals surface area contributed by atoms with Crippen LogP contribution in [-0.4, -0.2) is 31.1 Å². The van der Waals surface area contributed by atoms with Crippen LogP contribution >= 0.6 is 24.0 Å². The van der Waals surface area contributed by atoms with E-state index < -0.39 is 0 Å². The Morgan fingerprint density at radius 2 is 2.00 bits per heavy atom. The van der Waals surface area contributed by atoms with Crippen LogP contribution in [0.15, 0.2) is 47.7 Å². The number of guanidine groups is 1. The van der Waals surface area contributed by atoms with Crippen LogP contribution in [0.5, 0.6) is 0 Å². The van der Waals surface area contributed by atoms with Gasteiger partial charge in [-0.25, -0.2) is 4.39 Å². The monoisotopic (exact) mass is 468 g/mol. The van der Waals surface area contributed by atoms with Crippen molar-refractivity contribution >= 4 is 29.9 Å². The number of hydrogen-bond donors (Lipinski definition) is 2. The molecule has 1 saturated carbocycles. The van der Waals surface area contributed by atoms with E-state index in [0.29, 0.717) is 6.54 Å². The van der Waals surface area contributed by atoms with E-state index in [0.717, 1.165) is 37.3 Å². The molecule has 0 bridgehead atoms. The van der Waals surface area contributed by atoms with Crippen molar-refractivity contribution in [1.82, 2.24) is 15.6 Å². The van der Waals surface area contributed by atoms with Gasteiger partial charge < -0.3 is 10.6 Å². The van der Waals surface area contributed by atoms with Crippen molar-refractivity contribution in [1.29, 1.82) is 0 Å². The second-order valence-electron chi connectivity index (χ2n) is 6.66. The molecule has 4 nitrogen and oxygen atoms in total. The van der Waals surface area contributed by atoms with Crippen molar-refractivity contribution in [2.45, 2.75) is 31.6 Å². The molecule has 3 rings (SSSR count). The molecule has 0 amide bonds. The second kappa shape index (κ2) is 9.30. The summed E-state index contributed by atoms with van der Waals surface area (Å²) in [4.78, 5) is 8.39. The number of nitrogens with zero attached hydrogens (tertiary/aromatic N) is 2. The Bertz CT molecular complexity index is 759. The molecule has 26 heavy (non-hydrogen) atoms. The molecular weight excluding hydrogens is 442 g/mol. The van der Waals surface area contributed by atoms with Gasteiger partial charge in [-0.15, -0.1) is 24.0 Å². The standard InChI is InChI=1S/C20H25FN4.HI/c1-15-13-23-11-7-16(15)8-12-24-19(22-2)25-14-20(9-10-20)17-5-3-4-6-18(17)21;/h3-7,11,13H,8-10,12,14H2,1-2H3,(H2,22,24,25);1H. The van der Waals surface area contributed by atoms with Crippen LogP contribution in [-0.2, 0) is 11.8 Å². The fraction of sp³-hybridized carbons (Fsp3) is 0.400. The Kier molecular flexibility index (Phi) is 7.37. The van der Waals surface area contributed by atoms with Gasteiger partial charge in [0.05, 0.1) is 0 Å². The van der Waals surface area contributed by atoms with E-state index in [1.165, 1.54) is 11.1 Å². The molecule has 6 heteroatoms. The fourth-order valence-corrected chi connectivity index (χ4v) is 3.16. The van der Waals surface area contributed by atoms with Crippen LogP contribution in [0.25, 0.3) is 0 Å². The zero-order valence-electron chi connectivity index (χ0n) is 15.3. The molecule has 2 N–H and O–H groups in total. The number of pyridine rings is 1. The Morgan fingerprint density at radius 3 is 2.65 bits per heavy atom. The summed E-state index contributed by atoms with van der Waals surface area (Å²) in [5.74, 6) is 0.646. The predicted octanol–water partition coefficient (Wildman–Crippen LogP) is 3.59. The second-order valence-corrected chi connectivity index (χ2v) is 6.66. The molecule has 140 valence electrons. The number of hydrogen-bond acceptors (Lipinski definition) is 2. The van der Waals surface area contributed by atoms with Crippen molar-refractivity contribution in [2.75, 3.05) is 20.1 Å². The lowest BCUT2D eigenvalue weighted by Gasteiger charge is -2.19. The summed E-state index contributed by atoms with van der Waals surface area (Å²) >= 11 is 0. The van der Waals surface area contributed by atoms with Crippen molar-refractivity contribution in [2.24, 2.45) is 4.99 Å². The lowest BCUT2D eigenvalue weighted by Crippen LogP contribution is -2.42. The van der Waals surface area contributed by atoms with Crippen molar-refractivity contribution in [3.05, 3.63) is 65.2 Å². The Labute approximate surface area is 171 Å². The summed E-state index contributed by atoms with van der Waals surface area (Å²) in [5, 5.41) is 6.69. The molecule has 0 saturated heterocycles. The minimum atomic E-state index is -0.113. The molecule has 1 aromatic carbocycles. The van der Waals surface area contributed by atoms with E-state index in [4.69, 9.17) is 0 Å². The topological polar surface area (TPSA) is 49.3 Å². The number of aliphatic imine (C=N–C) groups is 1. The molecule has 0 atom stereocenters. The summed E-state index contributed by atoms with van der Waals surface area (Å²) < 4.78 is 14.1. The third kappa shape index (κ3) is 4.93. The van der Waals surface area contributed by atoms with Gasteiger partial charge in [0.25, 0.3) is 0 Å². The normalized spacial score (nSPS) is 15.1. The van der Waals surface area contributed by atoms with Gasteiger partial charge in [-0.2, -0.15) is 0 Å². The molecular formula is C20H26FIN4. The maximum Gasteiger partial charge on any atom is 0.191 e. The molecule has 2 aromatic rings. The maximum absolute atomic E-state index is 14.1. The average Bonchev–Trinajstić information content (AvgIpc) is 3.41. The predicted molar refractivity (Wildman–Crippen MR) is 115 cm³/mol. The number of benzene rings is 1. The minimum absolute atomic E-state index is 0. The fourth-order valence-electron chi connectivity index (χ4n) is 3.16. The number of aromatic nitrogens is 1. The zero-order valence-corrected chi connectivity index (χ0v) is 17.6. The zero-order chi connectivity index (χ0) is 17.7. The number of rotatable bonds is 6. The SMILES string of the molecule is CN=C(NCCc1ccncc1C)NCC1(c2ccccc2F)CC1.I. The average molecular weight is 468 g/mol. The maximum atomic E-state index is 14.1. The van der Waals surface area contributed by atoms with E-state index in [1.807, 2.05) is 30.6 Å². The van der Waals surface area contributed by atoms with Gasteiger partial charge in [0.2, 0.25) is 0 Å². The third-order valence-electron chi connectivity index (χ3n) is 4.94. The van der Waals surface area contributed by atoms with Crippen molar-refractivity contribution in [3.63, 3.8) is 0 Å². The quantitative estimate of drug-likeness (QED) is 0.387. The van der Waals surface area contributed by atoms with Gasteiger partial charge in [-0.05, 0) is 55.0 Å². The van der Waals surface area contributed by atoms with Gasteiger partial charge in [0.1, 0.15) is 5.82 Å². The molecule has 0 unspecified atom stereocenters. The van der Waals surface area contributed by atoms with Gasteiger partial charge in [0, 0.05) is 37.9 Å². The highest BCUT2D eigenvalue weighted by molar-refractivity contribution is 14.0. The molecule has 0 radical (unpaired) electrons. The first kappa shape index (κ1) is 20.6. The summed E-state index contributed by atoms with van der Waals surface area (Å²) in [7, 11) is 1.76. The minimum Gasteiger partial charge on any atom is -0.356 e. The van der Waals surface area contributed by atoms with Crippen LogP contribution in [0.1, 0.15) is 29.5 Å². The summed E-state index contributed by atoms with van der Waals surface area (Å²) in [6, 6.07) is 9.13. The van der Waals surface area contributed by atoms with Gasteiger partial charge in [-0.3, -0.25) is 9.98 Å². The van der Waals surface area contributed by atoms with Crippen LogP contribution in [0, 0.1) is 12.7 Å². The smallest absolute Gasteiger partial charge is 0.191 e. The van der Waals surface area contributed by atoms with E-state index in [-0.39, 0.29) is 35.2 Å². The first-order valence-electron chi connectivity index (χ1n) is 8.74. The Hall–Kier alpha value is -1.70. The highest BCUT2D eigenvalue weighted by Gasteiger charge is 2.45. The van der Waals surface area contributed by atoms with E-state index in [9.17, 15) is 4.39 Å². The van der Waals surface area contributed by atoms with E-state index in [1.54, 1.807) is 19.2 Å². The Morgan fingerprint density at radius 1 is 1.23 bits per heavy atom. The molecule has 1 aliphatic carbocycles. The van der Waals surface area contributed by atoms with Crippen LogP contribution in [0.2, 0.25) is 0 Å². The summed E-state index contributed by atoms with van der Waals surface area (Å²) in [6.07, 6.45) is 6.63. The van der Waals surface area contributed by atoms with Gasteiger partial charge in [0.15, 0.2) is 5.96 Å². The third-order valence-corrected chi connectivity index (χ3v) is 4.94. The summed E-state index contributed by atoms with van der Waals surface area (Å²) in [6.45, 7) is 3.56. The molecule has 1 heterocycles. The number of halogens is 2.